The van der Waals surface area contributed by atoms with Crippen LogP contribution in [0, 0.1) is 0 Å². The Morgan fingerprint density at radius 1 is 1.53 bits per heavy atom. The summed E-state index contributed by atoms with van der Waals surface area (Å²) in [6.45, 7) is 2.92. The Morgan fingerprint density at radius 2 is 2.20 bits per heavy atom. The van der Waals surface area contributed by atoms with Crippen LogP contribution in [0.3, 0.4) is 0 Å². The summed E-state index contributed by atoms with van der Waals surface area (Å²) in [5.74, 6) is -0.803. The molecular formula is C9H18N2O3S. The first-order chi connectivity index (χ1) is 6.87. The zero-order chi connectivity index (χ0) is 11.5. The van der Waals surface area contributed by atoms with Gasteiger partial charge in [-0.25, -0.2) is 8.42 Å². The van der Waals surface area contributed by atoms with Gasteiger partial charge in [-0.1, -0.05) is 0 Å². The average molecular weight is 234 g/mol. The summed E-state index contributed by atoms with van der Waals surface area (Å²) in [7, 11) is -3.22. The lowest BCUT2D eigenvalue weighted by Gasteiger charge is -2.28. The third kappa shape index (κ3) is 5.13. The van der Waals surface area contributed by atoms with Crippen molar-refractivity contribution < 1.29 is 13.2 Å². The highest BCUT2D eigenvalue weighted by Crippen LogP contribution is 2.07. The molecule has 1 aliphatic rings. The molecule has 0 radical (unpaired) electrons. The van der Waals surface area contributed by atoms with Crippen LogP contribution in [0.25, 0.3) is 0 Å². The minimum atomic E-state index is -3.22. The Kier molecular flexibility index (Phi) is 4.10. The zero-order valence-corrected chi connectivity index (χ0v) is 9.93. The Balaban J connectivity index is 2.38. The van der Waals surface area contributed by atoms with Crippen molar-refractivity contribution in [3.05, 3.63) is 0 Å². The van der Waals surface area contributed by atoms with Gasteiger partial charge in [-0.15, -0.1) is 0 Å². The van der Waals surface area contributed by atoms with Gasteiger partial charge in [0.2, 0.25) is 5.91 Å². The van der Waals surface area contributed by atoms with Crippen molar-refractivity contribution in [2.45, 2.75) is 31.8 Å². The first kappa shape index (κ1) is 12.4. The molecule has 2 unspecified atom stereocenters. The van der Waals surface area contributed by atoms with E-state index in [1.54, 1.807) is 0 Å². The van der Waals surface area contributed by atoms with Crippen molar-refractivity contribution in [1.29, 1.82) is 0 Å². The van der Waals surface area contributed by atoms with Crippen molar-refractivity contribution >= 4 is 15.7 Å². The van der Waals surface area contributed by atoms with Crippen LogP contribution >= 0.6 is 0 Å². The van der Waals surface area contributed by atoms with Crippen molar-refractivity contribution in [3.63, 3.8) is 0 Å². The highest BCUT2D eigenvalue weighted by Gasteiger charge is 2.21. The lowest BCUT2D eigenvalue weighted by molar-refractivity contribution is -0.119. The summed E-state index contributed by atoms with van der Waals surface area (Å²) < 4.78 is 21.7. The summed E-state index contributed by atoms with van der Waals surface area (Å²) in [6.07, 6.45) is 2.78. The molecule has 2 N–H and O–H groups in total. The topological polar surface area (TPSA) is 75.3 Å². The molecule has 0 aromatic heterocycles. The van der Waals surface area contributed by atoms with E-state index in [1.165, 1.54) is 0 Å². The number of carbonyl (C=O) groups is 1. The minimum Gasteiger partial charge on any atom is -0.352 e. The standard InChI is InChI=1S/C9H18N2O3S/c1-7-5-8(3-4-10-7)11-9(12)6-15(2,13)14/h7-8,10H,3-6H2,1-2H3,(H,11,12). The molecule has 0 aromatic carbocycles. The molecule has 0 aromatic rings. The van der Waals surface area contributed by atoms with Gasteiger partial charge in [-0.05, 0) is 26.3 Å². The van der Waals surface area contributed by atoms with Crippen molar-refractivity contribution in [2.24, 2.45) is 0 Å². The van der Waals surface area contributed by atoms with Gasteiger partial charge in [0.05, 0.1) is 0 Å². The van der Waals surface area contributed by atoms with Gasteiger partial charge < -0.3 is 10.6 Å². The van der Waals surface area contributed by atoms with Gasteiger partial charge in [-0.3, -0.25) is 4.79 Å². The van der Waals surface area contributed by atoms with Gasteiger partial charge in [-0.2, -0.15) is 0 Å². The minimum absolute atomic E-state index is 0.107. The predicted octanol–water partition coefficient (Wildman–Crippen LogP) is -0.712. The molecule has 1 amide bonds. The smallest absolute Gasteiger partial charge is 0.235 e. The highest BCUT2D eigenvalue weighted by molar-refractivity contribution is 7.91. The van der Waals surface area contributed by atoms with E-state index >= 15 is 0 Å². The molecule has 0 aliphatic carbocycles. The molecular weight excluding hydrogens is 216 g/mol. The molecule has 0 spiro atoms. The maximum absolute atomic E-state index is 11.3. The molecule has 0 bridgehead atoms. The number of hydrogen-bond acceptors (Lipinski definition) is 4. The summed E-state index contributed by atoms with van der Waals surface area (Å²) in [5, 5.41) is 6.01. The third-order valence-electron chi connectivity index (χ3n) is 2.38. The van der Waals surface area contributed by atoms with E-state index in [1.807, 2.05) is 0 Å². The number of piperidine rings is 1. The number of rotatable bonds is 3. The molecule has 6 heteroatoms. The third-order valence-corrected chi connectivity index (χ3v) is 3.17. The molecule has 88 valence electrons. The quantitative estimate of drug-likeness (QED) is 0.676. The van der Waals surface area contributed by atoms with Crippen molar-refractivity contribution in [2.75, 3.05) is 18.6 Å². The number of sulfone groups is 1. The van der Waals surface area contributed by atoms with Gasteiger partial charge in [0.1, 0.15) is 5.75 Å². The largest absolute Gasteiger partial charge is 0.352 e. The van der Waals surface area contributed by atoms with Crippen molar-refractivity contribution in [1.82, 2.24) is 10.6 Å². The van der Waals surface area contributed by atoms with Crippen LogP contribution in [0.5, 0.6) is 0 Å². The van der Waals surface area contributed by atoms with E-state index < -0.39 is 21.5 Å². The van der Waals surface area contributed by atoms with E-state index in [0.717, 1.165) is 25.6 Å². The second kappa shape index (κ2) is 4.94. The molecule has 2 atom stereocenters. The SMILES string of the molecule is CC1CC(NC(=O)CS(C)(=O)=O)CCN1. The molecule has 1 aliphatic heterocycles. The normalized spacial score (nSPS) is 27.3. The first-order valence-corrected chi connectivity index (χ1v) is 7.13. The molecule has 5 nitrogen and oxygen atoms in total. The van der Waals surface area contributed by atoms with E-state index in [2.05, 4.69) is 17.6 Å². The molecule has 1 saturated heterocycles. The maximum atomic E-state index is 11.3. The Morgan fingerprint density at radius 3 is 2.73 bits per heavy atom. The van der Waals surface area contributed by atoms with E-state index in [0.29, 0.717) is 6.04 Å². The lowest BCUT2D eigenvalue weighted by Crippen LogP contribution is -2.47. The number of amides is 1. The second-order valence-corrected chi connectivity index (χ2v) is 6.35. The molecule has 15 heavy (non-hydrogen) atoms. The lowest BCUT2D eigenvalue weighted by atomic mass is 10.0. The van der Waals surface area contributed by atoms with Gasteiger partial charge in [0.25, 0.3) is 0 Å². The Hall–Kier alpha value is -0.620. The molecule has 1 heterocycles. The van der Waals surface area contributed by atoms with Gasteiger partial charge in [0, 0.05) is 18.3 Å². The van der Waals surface area contributed by atoms with Crippen LogP contribution in [0.4, 0.5) is 0 Å². The molecule has 1 fully saturated rings. The average Bonchev–Trinajstić information content (AvgIpc) is 1.99. The number of nitrogens with one attached hydrogen (secondary N) is 2. The summed E-state index contributed by atoms with van der Waals surface area (Å²) in [4.78, 5) is 11.3. The van der Waals surface area contributed by atoms with Gasteiger partial charge in [0.15, 0.2) is 9.84 Å². The fraction of sp³-hybridized carbons (Fsp3) is 0.889. The van der Waals surface area contributed by atoms with Crippen LogP contribution in [-0.2, 0) is 14.6 Å². The highest BCUT2D eigenvalue weighted by atomic mass is 32.2. The van der Waals surface area contributed by atoms with Crippen LogP contribution in [0.1, 0.15) is 19.8 Å². The predicted molar refractivity (Wildman–Crippen MR) is 58.3 cm³/mol. The van der Waals surface area contributed by atoms with Crippen LogP contribution in [-0.4, -0.2) is 45.0 Å². The first-order valence-electron chi connectivity index (χ1n) is 5.07. The summed E-state index contributed by atoms with van der Waals surface area (Å²) in [6, 6.07) is 0.484. The second-order valence-electron chi connectivity index (χ2n) is 4.21. The van der Waals surface area contributed by atoms with Crippen LogP contribution in [0.2, 0.25) is 0 Å². The van der Waals surface area contributed by atoms with Crippen molar-refractivity contribution in [3.8, 4) is 0 Å². The maximum Gasteiger partial charge on any atom is 0.235 e. The fourth-order valence-corrected chi connectivity index (χ4v) is 2.33. The number of hydrogen-bond donors (Lipinski definition) is 2. The molecule has 1 rings (SSSR count). The van der Waals surface area contributed by atoms with E-state index in [4.69, 9.17) is 0 Å². The summed E-state index contributed by atoms with van der Waals surface area (Å²) >= 11 is 0. The van der Waals surface area contributed by atoms with Crippen LogP contribution < -0.4 is 10.6 Å². The molecule has 0 saturated carbocycles. The Labute approximate surface area is 90.5 Å². The van der Waals surface area contributed by atoms with E-state index in [9.17, 15) is 13.2 Å². The number of carbonyl (C=O) groups excluding carboxylic acids is 1. The van der Waals surface area contributed by atoms with Crippen LogP contribution in [0.15, 0.2) is 0 Å². The Bertz CT molecular complexity index is 326. The summed E-state index contributed by atoms with van der Waals surface area (Å²) in [5.41, 5.74) is 0. The monoisotopic (exact) mass is 234 g/mol. The van der Waals surface area contributed by atoms with E-state index in [-0.39, 0.29) is 6.04 Å². The van der Waals surface area contributed by atoms with Gasteiger partial charge >= 0.3 is 0 Å². The fourth-order valence-electron chi connectivity index (χ4n) is 1.77. The zero-order valence-electron chi connectivity index (χ0n) is 9.12.